The molecular weight excluding hydrogens is 204 g/mol. The maximum atomic E-state index is 5.39. The van der Waals surface area contributed by atoms with Gasteiger partial charge in [-0.3, -0.25) is 0 Å². The van der Waals surface area contributed by atoms with Crippen LogP contribution in [-0.4, -0.2) is 39.5 Å². The first-order valence-electron chi connectivity index (χ1n) is 5.57. The molecule has 1 aliphatic rings. The topological polar surface area (TPSA) is 42.5 Å². The largest absolute Gasteiger partial charge is 0.497 e. The molecule has 0 amide bonds. The van der Waals surface area contributed by atoms with E-state index in [9.17, 15) is 0 Å². The number of ether oxygens (including phenoxy) is 2. The molecule has 0 aromatic heterocycles. The number of anilines is 1. The third kappa shape index (κ3) is 3.12. The highest BCUT2D eigenvalue weighted by molar-refractivity contribution is 5.48. The Morgan fingerprint density at radius 1 is 1.56 bits per heavy atom. The summed E-state index contributed by atoms with van der Waals surface area (Å²) in [5, 5.41) is 6.77. The van der Waals surface area contributed by atoms with Crippen molar-refractivity contribution in [3.63, 3.8) is 0 Å². The smallest absolute Gasteiger partial charge is 0.120 e. The monoisotopic (exact) mass is 222 g/mol. The maximum absolute atomic E-state index is 5.39. The van der Waals surface area contributed by atoms with Crippen molar-refractivity contribution in [1.29, 1.82) is 0 Å². The summed E-state index contributed by atoms with van der Waals surface area (Å²) in [6, 6.07) is 8.33. The van der Waals surface area contributed by atoms with E-state index in [0.29, 0.717) is 6.04 Å². The van der Waals surface area contributed by atoms with Crippen LogP contribution >= 0.6 is 0 Å². The van der Waals surface area contributed by atoms with Crippen LogP contribution in [0.2, 0.25) is 0 Å². The molecule has 2 rings (SSSR count). The first-order chi connectivity index (χ1) is 7.88. The van der Waals surface area contributed by atoms with Crippen molar-refractivity contribution in [3.05, 3.63) is 24.3 Å². The number of hydrogen-bond acceptors (Lipinski definition) is 4. The van der Waals surface area contributed by atoms with Crippen LogP contribution in [0.1, 0.15) is 0 Å². The van der Waals surface area contributed by atoms with Crippen LogP contribution in [0.4, 0.5) is 5.69 Å². The highest BCUT2D eigenvalue weighted by atomic mass is 16.5. The molecule has 0 bridgehead atoms. The molecule has 16 heavy (non-hydrogen) atoms. The van der Waals surface area contributed by atoms with Crippen LogP contribution in [-0.2, 0) is 4.74 Å². The van der Waals surface area contributed by atoms with Crippen LogP contribution in [0.15, 0.2) is 24.3 Å². The number of nitrogens with one attached hydrogen (secondary N) is 2. The fourth-order valence-corrected chi connectivity index (χ4v) is 1.72. The van der Waals surface area contributed by atoms with Gasteiger partial charge in [-0.2, -0.15) is 0 Å². The summed E-state index contributed by atoms with van der Waals surface area (Å²) < 4.78 is 10.6. The van der Waals surface area contributed by atoms with Gasteiger partial charge in [0.2, 0.25) is 0 Å². The van der Waals surface area contributed by atoms with Gasteiger partial charge in [0.25, 0.3) is 0 Å². The SMILES string of the molecule is COc1cccc(NC[C@H]2COCCN2)c1. The second kappa shape index (κ2) is 5.72. The molecule has 1 atom stereocenters. The lowest BCUT2D eigenvalue weighted by molar-refractivity contribution is 0.0806. The fourth-order valence-electron chi connectivity index (χ4n) is 1.72. The summed E-state index contributed by atoms with van der Waals surface area (Å²) >= 11 is 0. The van der Waals surface area contributed by atoms with Gasteiger partial charge in [0, 0.05) is 30.9 Å². The first-order valence-corrected chi connectivity index (χ1v) is 5.57. The zero-order chi connectivity index (χ0) is 11.2. The van der Waals surface area contributed by atoms with Gasteiger partial charge in [0.05, 0.1) is 20.3 Å². The van der Waals surface area contributed by atoms with E-state index in [-0.39, 0.29) is 0 Å². The Labute approximate surface area is 95.9 Å². The average Bonchev–Trinajstić information content (AvgIpc) is 2.38. The van der Waals surface area contributed by atoms with E-state index in [0.717, 1.165) is 37.7 Å². The highest BCUT2D eigenvalue weighted by Crippen LogP contribution is 2.16. The molecule has 1 aromatic carbocycles. The van der Waals surface area contributed by atoms with Gasteiger partial charge in [0.1, 0.15) is 5.75 Å². The summed E-state index contributed by atoms with van der Waals surface area (Å²) in [6.07, 6.45) is 0. The third-order valence-electron chi connectivity index (χ3n) is 2.62. The van der Waals surface area contributed by atoms with E-state index in [2.05, 4.69) is 10.6 Å². The zero-order valence-corrected chi connectivity index (χ0v) is 9.53. The van der Waals surface area contributed by atoms with E-state index in [1.54, 1.807) is 7.11 Å². The predicted octanol–water partition coefficient (Wildman–Crippen LogP) is 1.10. The van der Waals surface area contributed by atoms with Crippen molar-refractivity contribution in [2.45, 2.75) is 6.04 Å². The first kappa shape index (κ1) is 11.2. The van der Waals surface area contributed by atoms with Gasteiger partial charge in [-0.1, -0.05) is 6.07 Å². The molecule has 1 aromatic rings. The number of hydrogen-bond donors (Lipinski definition) is 2. The molecule has 1 fully saturated rings. The summed E-state index contributed by atoms with van der Waals surface area (Å²) in [6.45, 7) is 3.39. The number of morpholine rings is 1. The van der Waals surface area contributed by atoms with E-state index in [1.807, 2.05) is 24.3 Å². The Balaban J connectivity index is 1.83. The standard InChI is InChI=1S/C12H18N2O2/c1-15-12-4-2-3-10(7-12)14-8-11-9-16-6-5-13-11/h2-4,7,11,13-14H,5-6,8-9H2,1H3/t11-/m0/s1. The van der Waals surface area contributed by atoms with E-state index < -0.39 is 0 Å². The van der Waals surface area contributed by atoms with Crippen LogP contribution in [0.5, 0.6) is 5.75 Å². The Kier molecular flexibility index (Phi) is 4.02. The summed E-state index contributed by atoms with van der Waals surface area (Å²) in [7, 11) is 1.68. The van der Waals surface area contributed by atoms with Crippen molar-refractivity contribution in [1.82, 2.24) is 5.32 Å². The summed E-state index contributed by atoms with van der Waals surface area (Å²) in [5.41, 5.74) is 1.08. The predicted molar refractivity (Wildman–Crippen MR) is 64.1 cm³/mol. The Hall–Kier alpha value is -1.26. The Morgan fingerprint density at radius 2 is 2.50 bits per heavy atom. The maximum Gasteiger partial charge on any atom is 0.120 e. The van der Waals surface area contributed by atoms with Gasteiger partial charge in [-0.25, -0.2) is 0 Å². The molecular formula is C12H18N2O2. The highest BCUT2D eigenvalue weighted by Gasteiger charge is 2.12. The number of benzene rings is 1. The van der Waals surface area contributed by atoms with Gasteiger partial charge in [-0.15, -0.1) is 0 Å². The quantitative estimate of drug-likeness (QED) is 0.800. The van der Waals surface area contributed by atoms with E-state index >= 15 is 0 Å². The van der Waals surface area contributed by atoms with Gasteiger partial charge >= 0.3 is 0 Å². The van der Waals surface area contributed by atoms with Crippen molar-refractivity contribution < 1.29 is 9.47 Å². The van der Waals surface area contributed by atoms with Crippen molar-refractivity contribution in [3.8, 4) is 5.75 Å². The van der Waals surface area contributed by atoms with Crippen LogP contribution < -0.4 is 15.4 Å². The molecule has 0 saturated carbocycles. The van der Waals surface area contributed by atoms with E-state index in [4.69, 9.17) is 9.47 Å². The van der Waals surface area contributed by atoms with Gasteiger partial charge in [0.15, 0.2) is 0 Å². The minimum Gasteiger partial charge on any atom is -0.497 e. The number of methoxy groups -OCH3 is 1. The third-order valence-corrected chi connectivity index (χ3v) is 2.62. The molecule has 1 saturated heterocycles. The van der Waals surface area contributed by atoms with Crippen molar-refractivity contribution in [2.24, 2.45) is 0 Å². The molecule has 2 N–H and O–H groups in total. The molecule has 1 aliphatic heterocycles. The Morgan fingerprint density at radius 3 is 3.25 bits per heavy atom. The van der Waals surface area contributed by atoms with Gasteiger partial charge in [-0.05, 0) is 12.1 Å². The van der Waals surface area contributed by atoms with Crippen molar-refractivity contribution in [2.75, 3.05) is 38.7 Å². The van der Waals surface area contributed by atoms with Crippen LogP contribution in [0.25, 0.3) is 0 Å². The summed E-state index contributed by atoms with van der Waals surface area (Å²) in [5.74, 6) is 0.873. The summed E-state index contributed by atoms with van der Waals surface area (Å²) in [4.78, 5) is 0. The minimum atomic E-state index is 0.389. The second-order valence-corrected chi connectivity index (χ2v) is 3.84. The lowest BCUT2D eigenvalue weighted by Crippen LogP contribution is -2.45. The molecule has 0 spiro atoms. The zero-order valence-electron chi connectivity index (χ0n) is 9.53. The fraction of sp³-hybridized carbons (Fsp3) is 0.500. The molecule has 1 heterocycles. The molecule has 4 nitrogen and oxygen atoms in total. The molecule has 4 heteroatoms. The normalized spacial score (nSPS) is 20.4. The van der Waals surface area contributed by atoms with Crippen molar-refractivity contribution >= 4 is 5.69 Å². The molecule has 0 unspecified atom stereocenters. The number of rotatable bonds is 4. The van der Waals surface area contributed by atoms with Crippen LogP contribution in [0, 0.1) is 0 Å². The molecule has 0 aliphatic carbocycles. The molecule has 88 valence electrons. The average molecular weight is 222 g/mol. The lowest BCUT2D eigenvalue weighted by Gasteiger charge is -2.24. The second-order valence-electron chi connectivity index (χ2n) is 3.84. The molecule has 0 radical (unpaired) electrons. The van der Waals surface area contributed by atoms with Gasteiger partial charge < -0.3 is 20.1 Å². The van der Waals surface area contributed by atoms with E-state index in [1.165, 1.54) is 0 Å². The minimum absolute atomic E-state index is 0.389. The lowest BCUT2D eigenvalue weighted by atomic mass is 10.2. The Bertz CT molecular complexity index is 325. The van der Waals surface area contributed by atoms with Crippen LogP contribution in [0.3, 0.4) is 0 Å².